The van der Waals surface area contributed by atoms with Crippen molar-refractivity contribution in [3.05, 3.63) is 18.0 Å². The highest BCUT2D eigenvalue weighted by molar-refractivity contribution is 5.04. The molecule has 1 fully saturated rings. The summed E-state index contributed by atoms with van der Waals surface area (Å²) in [5.74, 6) is 0.738. The number of aryl methyl sites for hydroxylation is 1. The largest absolute Gasteiger partial charge is 0.315 e. The highest BCUT2D eigenvalue weighted by atomic mass is 15.2. The minimum absolute atomic E-state index is 0.721. The van der Waals surface area contributed by atoms with E-state index in [0.29, 0.717) is 0 Å². The number of piperidine rings is 1. The van der Waals surface area contributed by atoms with Crippen LogP contribution in [0.2, 0.25) is 0 Å². The van der Waals surface area contributed by atoms with Gasteiger partial charge >= 0.3 is 0 Å². The predicted octanol–water partition coefficient (Wildman–Crippen LogP) is 2.06. The number of nitrogens with one attached hydrogen (secondary N) is 1. The third-order valence-corrected chi connectivity index (χ3v) is 4.13. The molecule has 4 heteroatoms. The van der Waals surface area contributed by atoms with Crippen LogP contribution in [0.25, 0.3) is 0 Å². The van der Waals surface area contributed by atoms with Gasteiger partial charge in [0.15, 0.2) is 0 Å². The van der Waals surface area contributed by atoms with Gasteiger partial charge in [-0.2, -0.15) is 5.10 Å². The molecule has 20 heavy (non-hydrogen) atoms. The van der Waals surface area contributed by atoms with E-state index in [2.05, 4.69) is 35.4 Å². The van der Waals surface area contributed by atoms with Crippen LogP contribution in [-0.2, 0) is 13.5 Å². The van der Waals surface area contributed by atoms with E-state index in [1.54, 1.807) is 0 Å². The van der Waals surface area contributed by atoms with Gasteiger partial charge in [0.2, 0.25) is 0 Å². The molecular weight excluding hydrogens is 248 g/mol. The topological polar surface area (TPSA) is 33.1 Å². The fourth-order valence-electron chi connectivity index (χ4n) is 3.00. The molecule has 1 aromatic heterocycles. The number of likely N-dealkylation sites (tertiary alicyclic amines) is 1. The minimum atomic E-state index is 0.721. The number of hydrogen-bond donors (Lipinski definition) is 1. The Balaban J connectivity index is 1.77. The van der Waals surface area contributed by atoms with Crippen molar-refractivity contribution in [2.24, 2.45) is 13.0 Å². The summed E-state index contributed by atoms with van der Waals surface area (Å²) in [6, 6.07) is 0.721. The lowest BCUT2D eigenvalue weighted by Crippen LogP contribution is -2.46. The molecule has 0 bridgehead atoms. The van der Waals surface area contributed by atoms with Crippen molar-refractivity contribution in [2.45, 2.75) is 45.6 Å². The smallest absolute Gasteiger partial charge is 0.0522 e. The minimum Gasteiger partial charge on any atom is -0.315 e. The quantitative estimate of drug-likeness (QED) is 0.829. The van der Waals surface area contributed by atoms with Crippen LogP contribution in [0.5, 0.6) is 0 Å². The Morgan fingerprint density at radius 2 is 2.25 bits per heavy atom. The van der Waals surface area contributed by atoms with Gasteiger partial charge < -0.3 is 5.32 Å². The summed E-state index contributed by atoms with van der Waals surface area (Å²) in [5, 5.41) is 7.88. The second kappa shape index (κ2) is 7.79. The van der Waals surface area contributed by atoms with Crippen molar-refractivity contribution in [1.82, 2.24) is 20.0 Å². The van der Waals surface area contributed by atoms with Crippen LogP contribution in [0.3, 0.4) is 0 Å². The first-order chi connectivity index (χ1) is 9.65. The van der Waals surface area contributed by atoms with Gasteiger partial charge in [0.05, 0.1) is 6.20 Å². The zero-order valence-corrected chi connectivity index (χ0v) is 13.3. The van der Waals surface area contributed by atoms with Crippen molar-refractivity contribution in [2.75, 3.05) is 26.2 Å². The first-order valence-corrected chi connectivity index (χ1v) is 8.07. The fraction of sp³-hybridized carbons (Fsp3) is 0.812. The molecule has 1 aliphatic rings. The Kier molecular flexibility index (Phi) is 6.05. The summed E-state index contributed by atoms with van der Waals surface area (Å²) in [6.07, 6.45) is 9.34. The van der Waals surface area contributed by atoms with Gasteiger partial charge in [-0.15, -0.1) is 0 Å². The second-order valence-corrected chi connectivity index (χ2v) is 6.51. The van der Waals surface area contributed by atoms with Gasteiger partial charge in [0, 0.05) is 32.4 Å². The summed E-state index contributed by atoms with van der Waals surface area (Å²) in [7, 11) is 1.99. The molecule has 0 spiro atoms. The van der Waals surface area contributed by atoms with Gasteiger partial charge in [0.1, 0.15) is 0 Å². The summed E-state index contributed by atoms with van der Waals surface area (Å²) >= 11 is 0. The summed E-state index contributed by atoms with van der Waals surface area (Å²) in [5.41, 5.74) is 1.35. The molecule has 1 unspecified atom stereocenters. The van der Waals surface area contributed by atoms with E-state index in [0.717, 1.165) is 31.5 Å². The van der Waals surface area contributed by atoms with Crippen LogP contribution in [0.15, 0.2) is 12.4 Å². The Bertz CT molecular complexity index is 386. The van der Waals surface area contributed by atoms with Crippen molar-refractivity contribution in [1.29, 1.82) is 0 Å². The lowest BCUT2D eigenvalue weighted by atomic mass is 10.0. The van der Waals surface area contributed by atoms with Gasteiger partial charge in [-0.1, -0.05) is 20.3 Å². The highest BCUT2D eigenvalue weighted by Crippen LogP contribution is 2.17. The second-order valence-electron chi connectivity index (χ2n) is 6.51. The highest BCUT2D eigenvalue weighted by Gasteiger charge is 2.21. The number of rotatable bonds is 7. The van der Waals surface area contributed by atoms with E-state index in [4.69, 9.17) is 0 Å². The van der Waals surface area contributed by atoms with Crippen LogP contribution in [0.4, 0.5) is 0 Å². The average molecular weight is 278 g/mol. The lowest BCUT2D eigenvalue weighted by molar-refractivity contribution is 0.146. The zero-order valence-electron chi connectivity index (χ0n) is 13.3. The molecule has 0 aromatic carbocycles. The normalized spacial score (nSPS) is 20.7. The van der Waals surface area contributed by atoms with Crippen molar-refractivity contribution >= 4 is 0 Å². The summed E-state index contributed by atoms with van der Waals surface area (Å²) in [4.78, 5) is 2.67. The third-order valence-electron chi connectivity index (χ3n) is 4.13. The maximum absolute atomic E-state index is 4.25. The molecule has 4 nitrogen and oxygen atoms in total. The average Bonchev–Trinajstić information content (AvgIpc) is 2.83. The van der Waals surface area contributed by atoms with Gasteiger partial charge in [0.25, 0.3) is 0 Å². The molecule has 1 atom stereocenters. The van der Waals surface area contributed by atoms with Crippen LogP contribution < -0.4 is 5.32 Å². The molecule has 1 N–H and O–H groups in total. The molecular formula is C16H30N4. The van der Waals surface area contributed by atoms with Crippen LogP contribution in [-0.4, -0.2) is 46.9 Å². The molecule has 1 saturated heterocycles. The zero-order chi connectivity index (χ0) is 14.4. The summed E-state index contributed by atoms with van der Waals surface area (Å²) < 4.78 is 1.90. The van der Waals surface area contributed by atoms with Crippen molar-refractivity contribution < 1.29 is 0 Å². The molecule has 0 radical (unpaired) electrons. The molecule has 2 heterocycles. The van der Waals surface area contributed by atoms with E-state index >= 15 is 0 Å². The number of aromatic nitrogens is 2. The fourth-order valence-corrected chi connectivity index (χ4v) is 3.00. The van der Waals surface area contributed by atoms with Crippen LogP contribution >= 0.6 is 0 Å². The number of hydrogen-bond acceptors (Lipinski definition) is 3. The Labute approximate surface area is 123 Å². The predicted molar refractivity (Wildman–Crippen MR) is 83.8 cm³/mol. The van der Waals surface area contributed by atoms with Crippen LogP contribution in [0, 0.1) is 5.92 Å². The SMILES string of the molecule is CC(C)CNCC1CCCCN1CCc1cnn(C)c1. The van der Waals surface area contributed by atoms with E-state index in [-0.39, 0.29) is 0 Å². The van der Waals surface area contributed by atoms with E-state index in [1.807, 2.05) is 17.9 Å². The Hall–Kier alpha value is -0.870. The Morgan fingerprint density at radius 1 is 1.40 bits per heavy atom. The van der Waals surface area contributed by atoms with Crippen LogP contribution in [0.1, 0.15) is 38.7 Å². The molecule has 1 aromatic rings. The van der Waals surface area contributed by atoms with Gasteiger partial charge in [-0.05, 0) is 43.8 Å². The van der Waals surface area contributed by atoms with Crippen molar-refractivity contribution in [3.8, 4) is 0 Å². The first-order valence-electron chi connectivity index (χ1n) is 8.07. The van der Waals surface area contributed by atoms with E-state index in [9.17, 15) is 0 Å². The number of nitrogens with zero attached hydrogens (tertiary/aromatic N) is 3. The Morgan fingerprint density at radius 3 is 2.95 bits per heavy atom. The molecule has 2 rings (SSSR count). The van der Waals surface area contributed by atoms with Crippen molar-refractivity contribution in [3.63, 3.8) is 0 Å². The van der Waals surface area contributed by atoms with E-state index in [1.165, 1.54) is 37.9 Å². The molecule has 114 valence electrons. The molecule has 0 aliphatic carbocycles. The third kappa shape index (κ3) is 4.91. The molecule has 0 amide bonds. The first kappa shape index (κ1) is 15.5. The van der Waals surface area contributed by atoms with Gasteiger partial charge in [-0.25, -0.2) is 0 Å². The molecule has 0 saturated carbocycles. The lowest BCUT2D eigenvalue weighted by Gasteiger charge is -2.36. The van der Waals surface area contributed by atoms with Gasteiger partial charge in [-0.3, -0.25) is 9.58 Å². The standard InChI is InChI=1S/C16H30N4/c1-14(2)10-17-12-16-6-4-5-8-20(16)9-7-15-11-18-19(3)13-15/h11,13-14,16-17H,4-10,12H2,1-3H3. The maximum atomic E-state index is 4.25. The summed E-state index contributed by atoms with van der Waals surface area (Å²) in [6.45, 7) is 9.24. The molecule has 1 aliphatic heterocycles. The monoisotopic (exact) mass is 278 g/mol. The maximum Gasteiger partial charge on any atom is 0.0522 e. The van der Waals surface area contributed by atoms with E-state index < -0.39 is 0 Å².